The van der Waals surface area contributed by atoms with Crippen LogP contribution >= 0.6 is 11.6 Å². The second-order valence-corrected chi connectivity index (χ2v) is 6.90. The molecule has 0 N–H and O–H groups in total. The van der Waals surface area contributed by atoms with Gasteiger partial charge in [0.05, 0.1) is 13.0 Å². The molecule has 2 aromatic carbocycles. The van der Waals surface area contributed by atoms with Gasteiger partial charge in [-0.3, -0.25) is 4.90 Å². The largest absolute Gasteiger partial charge is 0.497 e. The Morgan fingerprint density at radius 3 is 2.77 bits per heavy atom. The summed E-state index contributed by atoms with van der Waals surface area (Å²) in [4.78, 5) is 6.98. The van der Waals surface area contributed by atoms with Crippen LogP contribution in [0.1, 0.15) is 23.8 Å². The first kappa shape index (κ1) is 17.1. The third kappa shape index (κ3) is 3.59. The molecule has 1 aromatic heterocycles. The zero-order valence-electron chi connectivity index (χ0n) is 14.6. The van der Waals surface area contributed by atoms with Crippen LogP contribution in [0.2, 0.25) is 5.02 Å². The van der Waals surface area contributed by atoms with Crippen molar-refractivity contribution in [3.8, 4) is 17.1 Å². The summed E-state index contributed by atoms with van der Waals surface area (Å²) in [5, 5.41) is 4.96. The standard InChI is InChI=1S/C20H20ClN3O2/c1-25-17-8-6-14(7-9-17)19-22-20(26-23-19)16-10-11-24(13-16)12-15-4-2-3-5-18(15)21/h2-9,16H,10-13H2,1H3. The Morgan fingerprint density at radius 2 is 2.00 bits per heavy atom. The number of hydrogen-bond donors (Lipinski definition) is 0. The molecular formula is C20H20ClN3O2. The Balaban J connectivity index is 1.43. The van der Waals surface area contributed by atoms with E-state index in [2.05, 4.69) is 21.1 Å². The van der Waals surface area contributed by atoms with Crippen LogP contribution in [-0.2, 0) is 6.54 Å². The molecule has 5 nitrogen and oxygen atoms in total. The average Bonchev–Trinajstić information content (AvgIpc) is 3.33. The molecule has 1 fully saturated rings. The Kier molecular flexibility index (Phi) is 4.91. The van der Waals surface area contributed by atoms with Gasteiger partial charge in [-0.05, 0) is 48.9 Å². The monoisotopic (exact) mass is 369 g/mol. The van der Waals surface area contributed by atoms with Gasteiger partial charge in [0.1, 0.15) is 5.75 Å². The van der Waals surface area contributed by atoms with E-state index in [4.69, 9.17) is 20.9 Å². The minimum atomic E-state index is 0.261. The number of methoxy groups -OCH3 is 1. The van der Waals surface area contributed by atoms with Crippen molar-refractivity contribution in [3.63, 3.8) is 0 Å². The number of hydrogen-bond acceptors (Lipinski definition) is 5. The van der Waals surface area contributed by atoms with E-state index < -0.39 is 0 Å². The van der Waals surface area contributed by atoms with E-state index in [1.807, 2.05) is 42.5 Å². The van der Waals surface area contributed by atoms with Gasteiger partial charge in [-0.15, -0.1) is 0 Å². The number of likely N-dealkylation sites (tertiary alicyclic amines) is 1. The Hall–Kier alpha value is -2.37. The maximum absolute atomic E-state index is 6.27. The van der Waals surface area contributed by atoms with Gasteiger partial charge in [-0.1, -0.05) is 35.0 Å². The van der Waals surface area contributed by atoms with E-state index >= 15 is 0 Å². The highest BCUT2D eigenvalue weighted by molar-refractivity contribution is 6.31. The Labute approximate surface area is 157 Å². The zero-order chi connectivity index (χ0) is 17.9. The zero-order valence-corrected chi connectivity index (χ0v) is 15.3. The lowest BCUT2D eigenvalue weighted by Gasteiger charge is -2.16. The van der Waals surface area contributed by atoms with Crippen molar-refractivity contribution >= 4 is 11.6 Å². The minimum Gasteiger partial charge on any atom is -0.497 e. The fraction of sp³-hybridized carbons (Fsp3) is 0.300. The molecular weight excluding hydrogens is 350 g/mol. The summed E-state index contributed by atoms with van der Waals surface area (Å²) in [6.45, 7) is 2.74. The van der Waals surface area contributed by atoms with Crippen molar-refractivity contribution in [2.45, 2.75) is 18.9 Å². The van der Waals surface area contributed by atoms with E-state index in [-0.39, 0.29) is 5.92 Å². The molecule has 0 amide bonds. The van der Waals surface area contributed by atoms with Crippen molar-refractivity contribution in [2.24, 2.45) is 0 Å². The van der Waals surface area contributed by atoms with Crippen molar-refractivity contribution in [3.05, 3.63) is 65.0 Å². The van der Waals surface area contributed by atoms with Gasteiger partial charge < -0.3 is 9.26 Å². The van der Waals surface area contributed by atoms with Gasteiger partial charge in [0.15, 0.2) is 0 Å². The number of rotatable bonds is 5. The number of ether oxygens (including phenoxy) is 1. The predicted molar refractivity (Wildman–Crippen MR) is 100 cm³/mol. The smallest absolute Gasteiger partial charge is 0.231 e. The number of halogens is 1. The summed E-state index contributed by atoms with van der Waals surface area (Å²) in [5.41, 5.74) is 2.07. The molecule has 26 heavy (non-hydrogen) atoms. The predicted octanol–water partition coefficient (Wildman–Crippen LogP) is 4.39. The molecule has 6 heteroatoms. The van der Waals surface area contributed by atoms with Crippen molar-refractivity contribution in [2.75, 3.05) is 20.2 Å². The lowest BCUT2D eigenvalue weighted by Crippen LogP contribution is -2.20. The van der Waals surface area contributed by atoms with Crippen molar-refractivity contribution in [1.82, 2.24) is 15.0 Å². The lowest BCUT2D eigenvalue weighted by atomic mass is 10.1. The van der Waals surface area contributed by atoms with Crippen molar-refractivity contribution < 1.29 is 9.26 Å². The molecule has 4 rings (SSSR count). The normalized spacial score (nSPS) is 17.5. The summed E-state index contributed by atoms with van der Waals surface area (Å²) in [5.74, 6) is 2.39. The fourth-order valence-electron chi connectivity index (χ4n) is 3.30. The lowest BCUT2D eigenvalue weighted by molar-refractivity contribution is 0.309. The van der Waals surface area contributed by atoms with E-state index in [1.165, 1.54) is 0 Å². The van der Waals surface area contributed by atoms with Gasteiger partial charge in [0, 0.05) is 23.7 Å². The average molecular weight is 370 g/mol. The first-order valence-corrected chi connectivity index (χ1v) is 9.04. The van der Waals surface area contributed by atoms with Gasteiger partial charge >= 0.3 is 0 Å². The van der Waals surface area contributed by atoms with Crippen LogP contribution < -0.4 is 4.74 Å². The van der Waals surface area contributed by atoms with Gasteiger partial charge in [0.2, 0.25) is 11.7 Å². The molecule has 1 unspecified atom stereocenters. The summed E-state index contributed by atoms with van der Waals surface area (Å²) in [6.07, 6.45) is 1.01. The Bertz CT molecular complexity index is 879. The third-order valence-corrected chi connectivity index (χ3v) is 5.13. The van der Waals surface area contributed by atoms with Crippen LogP contribution in [0.5, 0.6) is 5.75 Å². The summed E-state index contributed by atoms with van der Waals surface area (Å²) >= 11 is 6.27. The highest BCUT2D eigenvalue weighted by Crippen LogP contribution is 2.30. The quantitative estimate of drug-likeness (QED) is 0.667. The highest BCUT2D eigenvalue weighted by atomic mass is 35.5. The second-order valence-electron chi connectivity index (χ2n) is 6.50. The molecule has 134 valence electrons. The van der Waals surface area contributed by atoms with E-state index in [0.717, 1.165) is 48.0 Å². The first-order valence-electron chi connectivity index (χ1n) is 8.66. The maximum atomic E-state index is 6.27. The molecule has 1 saturated heterocycles. The fourth-order valence-corrected chi connectivity index (χ4v) is 3.50. The molecule has 2 heterocycles. The molecule has 0 spiro atoms. The molecule has 1 aliphatic heterocycles. The number of nitrogens with zero attached hydrogens (tertiary/aromatic N) is 3. The van der Waals surface area contributed by atoms with Crippen LogP contribution in [0, 0.1) is 0 Å². The summed E-state index contributed by atoms with van der Waals surface area (Å²) in [7, 11) is 1.65. The Morgan fingerprint density at radius 1 is 1.19 bits per heavy atom. The molecule has 1 atom stereocenters. The first-order chi connectivity index (χ1) is 12.7. The number of benzene rings is 2. The second kappa shape index (κ2) is 7.48. The molecule has 0 bridgehead atoms. The third-order valence-electron chi connectivity index (χ3n) is 4.76. The molecule has 1 aliphatic rings. The van der Waals surface area contributed by atoms with Gasteiger partial charge in [-0.25, -0.2) is 0 Å². The van der Waals surface area contributed by atoms with Crippen molar-refractivity contribution in [1.29, 1.82) is 0 Å². The minimum absolute atomic E-state index is 0.261. The van der Waals surface area contributed by atoms with Crippen LogP contribution in [0.4, 0.5) is 0 Å². The van der Waals surface area contributed by atoms with E-state index in [0.29, 0.717) is 11.7 Å². The number of aromatic nitrogens is 2. The van der Waals surface area contributed by atoms with Crippen LogP contribution in [0.15, 0.2) is 53.1 Å². The topological polar surface area (TPSA) is 51.4 Å². The van der Waals surface area contributed by atoms with E-state index in [9.17, 15) is 0 Å². The van der Waals surface area contributed by atoms with Crippen LogP contribution in [-0.4, -0.2) is 35.2 Å². The molecule has 0 radical (unpaired) electrons. The van der Waals surface area contributed by atoms with Crippen LogP contribution in [0.3, 0.4) is 0 Å². The summed E-state index contributed by atoms with van der Waals surface area (Å²) in [6, 6.07) is 15.6. The maximum Gasteiger partial charge on any atom is 0.231 e. The van der Waals surface area contributed by atoms with E-state index in [1.54, 1.807) is 7.11 Å². The SMILES string of the molecule is COc1ccc(-c2noc(C3CCN(Cc4ccccc4Cl)C3)n2)cc1. The van der Waals surface area contributed by atoms with Crippen LogP contribution in [0.25, 0.3) is 11.4 Å². The molecule has 0 saturated carbocycles. The molecule has 0 aliphatic carbocycles. The van der Waals surface area contributed by atoms with Gasteiger partial charge in [0.25, 0.3) is 0 Å². The highest BCUT2D eigenvalue weighted by Gasteiger charge is 2.28. The van der Waals surface area contributed by atoms with Gasteiger partial charge in [-0.2, -0.15) is 4.98 Å². The molecule has 3 aromatic rings. The summed E-state index contributed by atoms with van der Waals surface area (Å²) < 4.78 is 10.7.